The summed E-state index contributed by atoms with van der Waals surface area (Å²) >= 11 is 0. The van der Waals surface area contributed by atoms with E-state index >= 15 is 0 Å². The lowest BCUT2D eigenvalue weighted by atomic mass is 9.91. The van der Waals surface area contributed by atoms with Gasteiger partial charge in [-0.15, -0.1) is 0 Å². The third kappa shape index (κ3) is 7.77. The van der Waals surface area contributed by atoms with E-state index in [0.29, 0.717) is 23.3 Å². The molecule has 7 nitrogen and oxygen atoms in total. The summed E-state index contributed by atoms with van der Waals surface area (Å²) in [5.74, 6) is -0.541. The van der Waals surface area contributed by atoms with E-state index in [4.69, 9.17) is 14.6 Å². The molecule has 2 aromatic carbocycles. The van der Waals surface area contributed by atoms with Gasteiger partial charge in [-0.25, -0.2) is 14.0 Å². The van der Waals surface area contributed by atoms with E-state index < -0.39 is 65.3 Å². The van der Waals surface area contributed by atoms with Gasteiger partial charge >= 0.3 is 24.5 Å². The molecule has 0 unspecified atom stereocenters. The fourth-order valence-electron chi connectivity index (χ4n) is 4.42. The summed E-state index contributed by atoms with van der Waals surface area (Å²) in [5, 5.41) is 11.2. The first-order valence-corrected chi connectivity index (χ1v) is 12.2. The van der Waals surface area contributed by atoms with Crippen LogP contribution in [0, 0.1) is 12.7 Å². The van der Waals surface area contributed by atoms with Crippen molar-refractivity contribution < 1.29 is 54.9 Å². The van der Waals surface area contributed by atoms with Crippen LogP contribution in [0.3, 0.4) is 0 Å². The van der Waals surface area contributed by atoms with Crippen LogP contribution in [0.1, 0.15) is 59.7 Å². The van der Waals surface area contributed by atoms with Crippen LogP contribution in [0.15, 0.2) is 36.4 Å². The zero-order valence-corrected chi connectivity index (χ0v) is 21.4. The molecule has 2 N–H and O–H groups in total. The van der Waals surface area contributed by atoms with Gasteiger partial charge in [-0.2, -0.15) is 26.3 Å². The van der Waals surface area contributed by atoms with Gasteiger partial charge in [0, 0.05) is 25.9 Å². The number of alkyl halides is 6. The minimum Gasteiger partial charge on any atom is -0.446 e. The Hall–Kier alpha value is -3.55. The topological polar surface area (TPSA) is 88.1 Å². The third-order valence-corrected chi connectivity index (χ3v) is 6.39. The Bertz CT molecular complexity index is 1190. The molecular formula is C26H27F7N2O5. The molecule has 1 heterocycles. The number of carbonyl (C=O) groups excluding carboxylic acids is 2. The number of aryl methyl sites for hydroxylation is 1. The smallest absolute Gasteiger partial charge is 0.416 e. The van der Waals surface area contributed by atoms with Crippen molar-refractivity contribution in [3.05, 3.63) is 70.0 Å². The van der Waals surface area contributed by atoms with Gasteiger partial charge in [-0.3, -0.25) is 0 Å². The van der Waals surface area contributed by atoms with Gasteiger partial charge in [0.2, 0.25) is 0 Å². The maximum Gasteiger partial charge on any atom is 0.416 e. The lowest BCUT2D eigenvalue weighted by Gasteiger charge is -2.39. The molecule has 3 rings (SSSR count). The molecule has 0 radical (unpaired) electrons. The predicted octanol–water partition coefficient (Wildman–Crippen LogP) is 6.29. The Morgan fingerprint density at radius 1 is 1.07 bits per heavy atom. The van der Waals surface area contributed by atoms with E-state index in [2.05, 4.69) is 5.32 Å². The number of halogens is 7. The highest BCUT2D eigenvalue weighted by atomic mass is 19.4. The number of nitrogens with one attached hydrogen (secondary N) is 1. The fraction of sp³-hybridized carbons (Fsp3) is 0.462. The SMILES string of the molecule is Cc1cc(F)ccc1[C@H]1C[C@@H](OC(=O)NCCO)CCN1C(=O)O[C@@H](C)c1cc(C(F)(F)F)cc(C(F)(F)F)c1. The lowest BCUT2D eigenvalue weighted by Crippen LogP contribution is -2.45. The van der Waals surface area contributed by atoms with Crippen LogP contribution in [-0.4, -0.2) is 48.0 Å². The number of carbonyl (C=O) groups is 2. The first-order chi connectivity index (χ1) is 18.6. The maximum atomic E-state index is 13.8. The monoisotopic (exact) mass is 580 g/mol. The van der Waals surface area contributed by atoms with E-state index in [1.54, 1.807) is 6.92 Å². The number of rotatable bonds is 6. The highest BCUT2D eigenvalue weighted by Gasteiger charge is 2.39. The number of nitrogens with zero attached hydrogens (tertiary/aromatic N) is 1. The molecule has 1 saturated heterocycles. The van der Waals surface area contributed by atoms with Gasteiger partial charge in [0.1, 0.15) is 18.0 Å². The number of likely N-dealkylation sites (tertiary alicyclic amines) is 1. The molecule has 40 heavy (non-hydrogen) atoms. The summed E-state index contributed by atoms with van der Waals surface area (Å²) in [6.07, 6.45) is -14.0. The number of aliphatic hydroxyl groups excluding tert-OH is 1. The summed E-state index contributed by atoms with van der Waals surface area (Å²) in [5.41, 5.74) is -2.67. The number of alkyl carbamates (subject to hydrolysis) is 1. The largest absolute Gasteiger partial charge is 0.446 e. The Balaban J connectivity index is 1.87. The molecule has 1 aliphatic heterocycles. The number of hydrogen-bond acceptors (Lipinski definition) is 5. The number of amides is 2. The molecular weight excluding hydrogens is 553 g/mol. The molecule has 2 amide bonds. The van der Waals surface area contributed by atoms with E-state index in [9.17, 15) is 40.3 Å². The summed E-state index contributed by atoms with van der Waals surface area (Å²) in [7, 11) is 0. The summed E-state index contributed by atoms with van der Waals surface area (Å²) in [6, 6.07) is 3.94. The number of aliphatic hydroxyl groups is 1. The normalized spacial score (nSPS) is 18.7. The summed E-state index contributed by atoms with van der Waals surface area (Å²) in [4.78, 5) is 26.4. The van der Waals surface area contributed by atoms with Crippen molar-refractivity contribution in [3.63, 3.8) is 0 Å². The van der Waals surface area contributed by atoms with Crippen molar-refractivity contribution in [2.45, 2.75) is 57.3 Å². The van der Waals surface area contributed by atoms with Crippen LogP contribution in [-0.2, 0) is 21.8 Å². The number of ether oxygens (including phenoxy) is 2. The quantitative estimate of drug-likeness (QED) is 0.392. The highest BCUT2D eigenvalue weighted by molar-refractivity contribution is 5.69. The maximum absolute atomic E-state index is 13.8. The molecule has 0 saturated carbocycles. The van der Waals surface area contributed by atoms with Crippen molar-refractivity contribution in [1.82, 2.24) is 10.2 Å². The second-order valence-corrected chi connectivity index (χ2v) is 9.28. The number of benzene rings is 2. The lowest BCUT2D eigenvalue weighted by molar-refractivity contribution is -0.143. The van der Waals surface area contributed by atoms with Gasteiger partial charge in [-0.05, 0) is 60.9 Å². The van der Waals surface area contributed by atoms with Gasteiger partial charge < -0.3 is 24.8 Å². The predicted molar refractivity (Wildman–Crippen MR) is 127 cm³/mol. The Morgan fingerprint density at radius 2 is 1.70 bits per heavy atom. The van der Waals surface area contributed by atoms with Crippen LogP contribution < -0.4 is 5.32 Å². The zero-order valence-electron chi connectivity index (χ0n) is 21.4. The highest BCUT2D eigenvalue weighted by Crippen LogP contribution is 2.39. The van der Waals surface area contributed by atoms with Crippen LogP contribution in [0.4, 0.5) is 40.3 Å². The molecule has 1 aliphatic rings. The fourth-order valence-corrected chi connectivity index (χ4v) is 4.42. The molecule has 14 heteroatoms. The summed E-state index contributed by atoms with van der Waals surface area (Å²) < 4.78 is 104. The number of hydrogen-bond donors (Lipinski definition) is 2. The van der Waals surface area contributed by atoms with Crippen molar-refractivity contribution in [1.29, 1.82) is 0 Å². The summed E-state index contributed by atoms with van der Waals surface area (Å²) in [6.45, 7) is 2.32. The van der Waals surface area contributed by atoms with Crippen molar-refractivity contribution >= 4 is 12.2 Å². The van der Waals surface area contributed by atoms with Crippen LogP contribution in [0.5, 0.6) is 0 Å². The second kappa shape index (κ2) is 12.3. The molecule has 3 atom stereocenters. The van der Waals surface area contributed by atoms with Gasteiger partial charge in [0.25, 0.3) is 0 Å². The van der Waals surface area contributed by atoms with Crippen LogP contribution >= 0.6 is 0 Å². The third-order valence-electron chi connectivity index (χ3n) is 6.39. The Kier molecular flexibility index (Phi) is 9.54. The van der Waals surface area contributed by atoms with Crippen LogP contribution in [0.25, 0.3) is 0 Å². The van der Waals surface area contributed by atoms with Gasteiger partial charge in [0.05, 0.1) is 23.8 Å². The average molecular weight is 580 g/mol. The minimum absolute atomic E-state index is 0.0210. The second-order valence-electron chi connectivity index (χ2n) is 9.28. The molecule has 0 aliphatic carbocycles. The van der Waals surface area contributed by atoms with Crippen LogP contribution in [0.2, 0.25) is 0 Å². The standard InChI is InChI=1S/C26H27F7N2O5/c1-14-9-19(27)3-4-21(14)22-13-20(40-23(37)34-6-8-36)5-7-35(22)24(38)39-15(2)16-10-17(25(28,29)30)12-18(11-16)26(31,32)33/h3-4,9-12,15,20,22,36H,5-8,13H2,1-2H3,(H,34,37)/t15-,20-,22+/m0/s1. The Labute approximate surface area is 224 Å². The first-order valence-electron chi connectivity index (χ1n) is 12.2. The molecule has 0 spiro atoms. The van der Waals surface area contributed by atoms with Crippen molar-refractivity contribution in [3.8, 4) is 0 Å². The van der Waals surface area contributed by atoms with Crippen molar-refractivity contribution in [2.24, 2.45) is 0 Å². The number of piperidine rings is 1. The first kappa shape index (κ1) is 31.0. The zero-order chi connectivity index (χ0) is 29.8. The Morgan fingerprint density at radius 3 is 2.25 bits per heavy atom. The molecule has 0 bridgehead atoms. The van der Waals surface area contributed by atoms with Gasteiger partial charge in [0.15, 0.2) is 0 Å². The van der Waals surface area contributed by atoms with E-state index in [1.165, 1.54) is 17.0 Å². The molecule has 220 valence electrons. The average Bonchev–Trinajstić information content (AvgIpc) is 2.86. The molecule has 2 aromatic rings. The van der Waals surface area contributed by atoms with Crippen molar-refractivity contribution in [2.75, 3.05) is 19.7 Å². The van der Waals surface area contributed by atoms with E-state index in [-0.39, 0.29) is 38.6 Å². The molecule has 0 aromatic heterocycles. The van der Waals surface area contributed by atoms with Gasteiger partial charge in [-0.1, -0.05) is 6.07 Å². The van der Waals surface area contributed by atoms with E-state index in [0.717, 1.165) is 13.0 Å². The van der Waals surface area contributed by atoms with E-state index in [1.807, 2.05) is 0 Å². The molecule has 1 fully saturated rings. The minimum atomic E-state index is -5.07.